The molecule has 31 heavy (non-hydrogen) atoms. The number of amidine groups is 1. The van der Waals surface area contributed by atoms with E-state index >= 15 is 0 Å². The molecule has 1 aliphatic heterocycles. The number of nitrogens with one attached hydrogen (secondary N) is 3. The van der Waals surface area contributed by atoms with Crippen molar-refractivity contribution in [2.45, 2.75) is 45.3 Å². The first-order valence-corrected chi connectivity index (χ1v) is 12.1. The number of likely N-dealkylation sites (tertiary alicyclic amines) is 1. The van der Waals surface area contributed by atoms with Crippen molar-refractivity contribution >= 4 is 25.2 Å². The third-order valence-corrected chi connectivity index (χ3v) is 6.22. The molecule has 0 aliphatic carbocycles. The Hall–Kier alpha value is -2.26. The van der Waals surface area contributed by atoms with Crippen molar-refractivity contribution in [3.05, 3.63) is 35.4 Å². The van der Waals surface area contributed by atoms with Gasteiger partial charge >= 0.3 is 7.60 Å². The van der Waals surface area contributed by atoms with Crippen LogP contribution in [-0.4, -0.2) is 63.7 Å². The minimum atomic E-state index is -4.15. The molecule has 7 N–H and O–H groups in total. The maximum atomic E-state index is 12.8. The number of hydrogen-bond acceptors (Lipinski definition) is 5. The smallest absolute Gasteiger partial charge is 0.326 e. The van der Waals surface area contributed by atoms with E-state index in [1.807, 2.05) is 6.92 Å². The van der Waals surface area contributed by atoms with Gasteiger partial charge in [0, 0.05) is 18.7 Å². The van der Waals surface area contributed by atoms with Gasteiger partial charge < -0.3 is 26.2 Å². The number of benzene rings is 1. The Balaban J connectivity index is 1.89. The summed E-state index contributed by atoms with van der Waals surface area (Å²) in [5, 5.41) is 12.9. The van der Waals surface area contributed by atoms with Gasteiger partial charge in [0.2, 0.25) is 11.8 Å². The highest BCUT2D eigenvalue weighted by Gasteiger charge is 2.33. The Labute approximate surface area is 182 Å². The van der Waals surface area contributed by atoms with Crippen LogP contribution in [0.5, 0.6) is 0 Å². The van der Waals surface area contributed by atoms with Crippen LogP contribution in [0.4, 0.5) is 0 Å². The maximum Gasteiger partial charge on any atom is 0.326 e. The summed E-state index contributed by atoms with van der Waals surface area (Å²) in [6.45, 7) is 4.61. The number of rotatable bonds is 9. The van der Waals surface area contributed by atoms with Gasteiger partial charge in [-0.05, 0) is 37.8 Å². The first-order chi connectivity index (χ1) is 14.5. The quantitative estimate of drug-likeness (QED) is 0.178. The molecule has 0 spiro atoms. The predicted octanol–water partition coefficient (Wildman–Crippen LogP) is 0.370. The molecule has 2 amide bonds. The van der Waals surface area contributed by atoms with Gasteiger partial charge in [-0.25, -0.2) is 0 Å². The lowest BCUT2D eigenvalue weighted by atomic mass is 9.92. The molecule has 1 heterocycles. The lowest BCUT2D eigenvalue weighted by Crippen LogP contribution is -2.55. The van der Waals surface area contributed by atoms with E-state index in [-0.39, 0.29) is 36.9 Å². The van der Waals surface area contributed by atoms with Crippen LogP contribution in [0.2, 0.25) is 0 Å². The summed E-state index contributed by atoms with van der Waals surface area (Å²) >= 11 is 0. The van der Waals surface area contributed by atoms with Crippen molar-refractivity contribution < 1.29 is 23.9 Å². The van der Waals surface area contributed by atoms with Crippen molar-refractivity contribution in [2.24, 2.45) is 11.7 Å². The fourth-order valence-electron chi connectivity index (χ4n) is 3.51. The minimum Gasteiger partial charge on any atom is -0.384 e. The van der Waals surface area contributed by atoms with Gasteiger partial charge in [0.1, 0.15) is 11.9 Å². The molecular weight excluding hydrogens is 421 g/mol. The van der Waals surface area contributed by atoms with E-state index in [1.165, 1.54) is 0 Å². The first-order valence-electron chi connectivity index (χ1n) is 10.3. The van der Waals surface area contributed by atoms with E-state index < -0.39 is 19.7 Å². The Bertz CT molecular complexity index is 841. The Morgan fingerprint density at radius 1 is 1.32 bits per heavy atom. The lowest BCUT2D eigenvalue weighted by Gasteiger charge is -2.37. The van der Waals surface area contributed by atoms with Crippen molar-refractivity contribution in [3.63, 3.8) is 0 Å². The molecule has 0 aromatic heterocycles. The molecule has 1 aromatic carbocycles. The second kappa shape index (κ2) is 10.9. The van der Waals surface area contributed by atoms with E-state index in [0.29, 0.717) is 24.4 Å². The maximum absolute atomic E-state index is 12.8. The topological polar surface area (TPSA) is 169 Å². The number of carbonyl (C=O) groups is 2. The summed E-state index contributed by atoms with van der Waals surface area (Å²) in [5.74, 6) is -0.372. The highest BCUT2D eigenvalue weighted by Crippen LogP contribution is 2.34. The zero-order valence-electron chi connectivity index (χ0n) is 17.9. The fraction of sp³-hybridized carbons (Fsp3) is 0.550. The molecule has 0 saturated carbocycles. The fourth-order valence-corrected chi connectivity index (χ4v) is 4.03. The van der Waals surface area contributed by atoms with Crippen LogP contribution in [0, 0.1) is 11.3 Å². The van der Waals surface area contributed by atoms with Crippen LogP contribution in [0.1, 0.15) is 37.8 Å². The number of amides is 2. The summed E-state index contributed by atoms with van der Waals surface area (Å²) in [4.78, 5) is 45.3. The predicted molar refractivity (Wildman–Crippen MR) is 118 cm³/mol. The molecule has 1 saturated heterocycles. The molecule has 2 rings (SSSR count). The van der Waals surface area contributed by atoms with E-state index in [2.05, 4.69) is 10.6 Å². The van der Waals surface area contributed by atoms with Crippen molar-refractivity contribution in [1.29, 1.82) is 5.41 Å². The third kappa shape index (κ3) is 8.06. The SMILES string of the molecule is C[C@H]1CCN(CCP(=O)(O)O)[C@@H](C(=O)N[C@@H](C)C(=O)NCc2ccc(C(=N)N)cc2)C1. The van der Waals surface area contributed by atoms with Crippen molar-refractivity contribution in [1.82, 2.24) is 15.5 Å². The number of nitrogens with two attached hydrogens (primary N) is 1. The molecule has 3 atom stereocenters. The molecule has 11 heteroatoms. The van der Waals surface area contributed by atoms with Crippen LogP contribution in [0.15, 0.2) is 24.3 Å². The van der Waals surface area contributed by atoms with Gasteiger partial charge in [-0.2, -0.15) is 0 Å². The van der Waals surface area contributed by atoms with Crippen molar-refractivity contribution in [2.75, 3.05) is 19.3 Å². The van der Waals surface area contributed by atoms with Gasteiger partial charge in [-0.1, -0.05) is 31.2 Å². The molecule has 0 bridgehead atoms. The number of nitrogens with zero attached hydrogens (tertiary/aromatic N) is 1. The van der Waals surface area contributed by atoms with Crippen molar-refractivity contribution in [3.8, 4) is 0 Å². The highest BCUT2D eigenvalue weighted by atomic mass is 31.2. The summed E-state index contributed by atoms with van der Waals surface area (Å²) in [6.07, 6.45) is 1.12. The van der Waals surface area contributed by atoms with Crippen LogP contribution in [-0.2, 0) is 20.7 Å². The van der Waals surface area contributed by atoms with E-state index in [0.717, 1.165) is 12.0 Å². The number of hydrogen-bond donors (Lipinski definition) is 6. The third-order valence-electron chi connectivity index (χ3n) is 5.44. The zero-order chi connectivity index (χ0) is 23.2. The summed E-state index contributed by atoms with van der Waals surface area (Å²) in [7, 11) is -4.15. The second-order valence-corrected chi connectivity index (χ2v) is 9.90. The summed E-state index contributed by atoms with van der Waals surface area (Å²) in [6, 6.07) is 5.65. The standard InChI is InChI=1S/C20H32N5O5P/c1-13-7-8-25(9-10-31(28,29)30)17(11-13)20(27)24-14(2)19(26)23-12-15-3-5-16(6-4-15)18(21)22/h3-6,13-14,17H,7-12H2,1-2H3,(H3,21,22)(H,23,26)(H,24,27)(H2,28,29,30)/t13-,14-,17+/m0/s1. The van der Waals surface area contributed by atoms with Gasteiger partial charge in [0.15, 0.2) is 0 Å². The number of piperidine rings is 1. The average Bonchev–Trinajstić information content (AvgIpc) is 2.70. The largest absolute Gasteiger partial charge is 0.384 e. The molecule has 1 aliphatic rings. The lowest BCUT2D eigenvalue weighted by molar-refractivity contribution is -0.133. The first kappa shape index (κ1) is 25.0. The van der Waals surface area contributed by atoms with E-state index in [1.54, 1.807) is 36.1 Å². The van der Waals surface area contributed by atoms with Gasteiger partial charge in [-0.3, -0.25) is 24.5 Å². The summed E-state index contributed by atoms with van der Waals surface area (Å²) < 4.78 is 11.2. The molecule has 10 nitrogen and oxygen atoms in total. The molecule has 1 fully saturated rings. The Morgan fingerprint density at radius 2 is 1.97 bits per heavy atom. The zero-order valence-corrected chi connectivity index (χ0v) is 18.8. The normalized spacial score (nSPS) is 20.6. The average molecular weight is 453 g/mol. The highest BCUT2D eigenvalue weighted by molar-refractivity contribution is 7.51. The van der Waals surface area contributed by atoms with Gasteiger partial charge in [0.25, 0.3) is 0 Å². The van der Waals surface area contributed by atoms with Crippen LogP contribution in [0.25, 0.3) is 0 Å². The molecular formula is C20H32N5O5P. The Morgan fingerprint density at radius 3 is 2.55 bits per heavy atom. The van der Waals surface area contributed by atoms with Gasteiger partial charge in [-0.15, -0.1) is 0 Å². The molecule has 0 unspecified atom stereocenters. The summed E-state index contributed by atoms with van der Waals surface area (Å²) in [5.41, 5.74) is 6.86. The van der Waals surface area contributed by atoms with Crippen LogP contribution >= 0.6 is 7.60 Å². The van der Waals surface area contributed by atoms with Gasteiger partial charge in [0.05, 0.1) is 12.2 Å². The second-order valence-electron chi connectivity index (χ2n) is 8.13. The monoisotopic (exact) mass is 453 g/mol. The molecule has 0 radical (unpaired) electrons. The molecule has 172 valence electrons. The van der Waals surface area contributed by atoms with E-state index in [4.69, 9.17) is 20.9 Å². The Kier molecular flexibility index (Phi) is 8.76. The minimum absolute atomic E-state index is 0.0289. The molecule has 1 aromatic rings. The van der Waals surface area contributed by atoms with Crippen LogP contribution < -0.4 is 16.4 Å². The number of nitrogen functional groups attached to an aromatic ring is 1. The van der Waals surface area contributed by atoms with E-state index in [9.17, 15) is 14.2 Å². The van der Waals surface area contributed by atoms with Crippen LogP contribution in [0.3, 0.4) is 0 Å². The number of carbonyl (C=O) groups excluding carboxylic acids is 2.